The first-order valence-electron chi connectivity index (χ1n) is 13.3. The van der Waals surface area contributed by atoms with Crippen LogP contribution in [-0.4, -0.2) is 97.8 Å². The molecule has 1 fully saturated rings. The van der Waals surface area contributed by atoms with E-state index >= 15 is 0 Å². The van der Waals surface area contributed by atoms with Crippen molar-refractivity contribution >= 4 is 26.8 Å². The Morgan fingerprint density at radius 2 is 1.87 bits per heavy atom. The number of ether oxygens (including phenoxy) is 1. The van der Waals surface area contributed by atoms with E-state index in [1.807, 2.05) is 13.8 Å². The fourth-order valence-electron chi connectivity index (χ4n) is 4.86. The van der Waals surface area contributed by atoms with Gasteiger partial charge in [0.2, 0.25) is 10.0 Å². The number of benzene rings is 1. The third-order valence-corrected chi connectivity index (χ3v) is 8.76. The highest BCUT2D eigenvalue weighted by molar-refractivity contribution is 7.89. The molecular formula is C25H34N8O5S. The average molecular weight is 559 g/mol. The Balaban J connectivity index is 1.57. The smallest absolute Gasteiger partial charge is 0.336 e. The highest BCUT2D eigenvalue weighted by Crippen LogP contribution is 2.33. The largest absolute Gasteiger partial charge is 0.493 e. The van der Waals surface area contributed by atoms with E-state index in [4.69, 9.17) is 14.8 Å². The summed E-state index contributed by atoms with van der Waals surface area (Å²) in [7, 11) is -3.77. The van der Waals surface area contributed by atoms with Crippen molar-refractivity contribution < 1.29 is 18.3 Å². The first kappa shape index (κ1) is 27.2. The van der Waals surface area contributed by atoms with Gasteiger partial charge in [-0.1, -0.05) is 13.8 Å². The summed E-state index contributed by atoms with van der Waals surface area (Å²) in [6.07, 6.45) is 3.53. The van der Waals surface area contributed by atoms with Crippen LogP contribution in [0.3, 0.4) is 0 Å². The second-order valence-corrected chi connectivity index (χ2v) is 11.5. The van der Waals surface area contributed by atoms with E-state index < -0.39 is 10.0 Å². The van der Waals surface area contributed by atoms with Gasteiger partial charge in [-0.2, -0.15) is 4.31 Å². The molecule has 210 valence electrons. The molecule has 4 aromatic rings. The monoisotopic (exact) mass is 558 g/mol. The Hall–Kier alpha value is -3.33. The number of aliphatic hydroxyl groups excluding tert-OH is 1. The standard InChI is InChI=1S/C25H34N8O5S/c1-3-8-32-23-21(24-29-26-17-33(24)25(32)35)27-22(28-23)19-16-18(6-7-20(19)38-15-4-2)39(36,37)31-12-10-30(11-13-31)9-5-14-34/h6-7,16-17,34H,3-5,8-15H2,1-2H3,(H,27,28). The fourth-order valence-corrected chi connectivity index (χ4v) is 6.31. The number of H-pyrrole nitrogens is 1. The number of sulfonamides is 1. The van der Waals surface area contributed by atoms with Gasteiger partial charge in [0.1, 0.15) is 23.4 Å². The highest BCUT2D eigenvalue weighted by Gasteiger charge is 2.30. The van der Waals surface area contributed by atoms with E-state index in [0.29, 0.717) is 79.7 Å². The number of aromatic nitrogens is 6. The zero-order valence-corrected chi connectivity index (χ0v) is 23.0. The Bertz CT molecular complexity index is 1620. The molecule has 0 saturated carbocycles. The highest BCUT2D eigenvalue weighted by atomic mass is 32.2. The fraction of sp³-hybridized carbons (Fsp3) is 0.520. The number of fused-ring (bicyclic) bond motifs is 3. The van der Waals surface area contributed by atoms with Crippen molar-refractivity contribution in [2.75, 3.05) is 45.9 Å². The van der Waals surface area contributed by atoms with Crippen molar-refractivity contribution in [2.24, 2.45) is 0 Å². The average Bonchev–Trinajstić information content (AvgIpc) is 3.61. The molecule has 1 aliphatic rings. The summed E-state index contributed by atoms with van der Waals surface area (Å²) in [5.41, 5.74) is 1.49. The van der Waals surface area contributed by atoms with Crippen molar-refractivity contribution in [3.8, 4) is 17.1 Å². The van der Waals surface area contributed by atoms with E-state index in [2.05, 4.69) is 20.1 Å². The van der Waals surface area contributed by atoms with Crippen LogP contribution < -0.4 is 10.4 Å². The van der Waals surface area contributed by atoms with E-state index in [0.717, 1.165) is 19.4 Å². The van der Waals surface area contributed by atoms with Crippen molar-refractivity contribution in [3.05, 3.63) is 35.0 Å². The van der Waals surface area contributed by atoms with Crippen molar-refractivity contribution in [3.63, 3.8) is 0 Å². The van der Waals surface area contributed by atoms with Crippen LogP contribution >= 0.6 is 0 Å². The first-order chi connectivity index (χ1) is 18.9. The van der Waals surface area contributed by atoms with Crippen LogP contribution in [0.5, 0.6) is 5.75 Å². The van der Waals surface area contributed by atoms with Gasteiger partial charge in [-0.15, -0.1) is 10.2 Å². The zero-order chi connectivity index (χ0) is 27.6. The van der Waals surface area contributed by atoms with Gasteiger partial charge in [-0.25, -0.2) is 22.6 Å². The lowest BCUT2D eigenvalue weighted by Crippen LogP contribution is -2.48. The van der Waals surface area contributed by atoms with Gasteiger partial charge in [0.25, 0.3) is 0 Å². The number of nitrogens with zero attached hydrogens (tertiary/aromatic N) is 7. The number of hydrogen-bond acceptors (Lipinski definition) is 9. The second kappa shape index (κ2) is 11.4. The second-order valence-electron chi connectivity index (χ2n) is 9.57. The summed E-state index contributed by atoms with van der Waals surface area (Å²) in [6.45, 7) is 7.68. The molecule has 0 spiro atoms. The van der Waals surface area contributed by atoms with Gasteiger partial charge in [0.15, 0.2) is 11.3 Å². The molecule has 1 aliphatic heterocycles. The molecule has 14 heteroatoms. The minimum atomic E-state index is -3.77. The summed E-state index contributed by atoms with van der Waals surface area (Å²) in [6, 6.07) is 4.81. The molecule has 0 radical (unpaired) electrons. The Morgan fingerprint density at radius 1 is 1.08 bits per heavy atom. The molecule has 1 aromatic carbocycles. The molecule has 4 heterocycles. The third-order valence-electron chi connectivity index (χ3n) is 6.87. The van der Waals surface area contributed by atoms with Gasteiger partial charge in [-0.05, 0) is 37.5 Å². The molecule has 0 amide bonds. The number of imidazole rings is 1. The molecule has 39 heavy (non-hydrogen) atoms. The maximum atomic E-state index is 13.6. The predicted molar refractivity (Wildman–Crippen MR) is 145 cm³/mol. The minimum absolute atomic E-state index is 0.118. The number of aryl methyl sites for hydroxylation is 1. The van der Waals surface area contributed by atoms with Crippen molar-refractivity contribution in [1.82, 2.24) is 38.3 Å². The molecule has 3 aromatic heterocycles. The number of rotatable bonds is 11. The van der Waals surface area contributed by atoms with Gasteiger partial charge in [0, 0.05) is 45.9 Å². The lowest BCUT2D eigenvalue weighted by atomic mass is 10.2. The minimum Gasteiger partial charge on any atom is -0.493 e. The molecule has 2 N–H and O–H groups in total. The number of nitrogens with one attached hydrogen (secondary N) is 1. The number of hydrogen-bond donors (Lipinski definition) is 2. The SMILES string of the molecule is CCCOc1ccc(S(=O)(=O)N2CCN(CCCO)CC2)cc1-c1nc2c([nH]1)c1nncn1c(=O)n2CCC. The van der Waals surface area contributed by atoms with Crippen LogP contribution in [0.2, 0.25) is 0 Å². The van der Waals surface area contributed by atoms with Crippen LogP contribution in [0.25, 0.3) is 28.2 Å². The van der Waals surface area contributed by atoms with Crippen molar-refractivity contribution in [2.45, 2.75) is 44.6 Å². The molecule has 5 rings (SSSR count). The Labute approximate surface area is 226 Å². The summed E-state index contributed by atoms with van der Waals surface area (Å²) in [5, 5.41) is 17.1. The predicted octanol–water partition coefficient (Wildman–Crippen LogP) is 1.32. The molecule has 0 aliphatic carbocycles. The van der Waals surface area contributed by atoms with E-state index in [9.17, 15) is 13.2 Å². The van der Waals surface area contributed by atoms with Gasteiger partial charge >= 0.3 is 5.69 Å². The van der Waals surface area contributed by atoms with Crippen LogP contribution in [0.4, 0.5) is 0 Å². The van der Waals surface area contributed by atoms with E-state index in [-0.39, 0.29) is 17.2 Å². The number of aromatic amines is 1. The van der Waals surface area contributed by atoms with Crippen molar-refractivity contribution in [1.29, 1.82) is 0 Å². The summed E-state index contributed by atoms with van der Waals surface area (Å²) in [5.74, 6) is 0.868. The molecule has 1 saturated heterocycles. The van der Waals surface area contributed by atoms with Gasteiger partial charge in [0.05, 0.1) is 17.1 Å². The lowest BCUT2D eigenvalue weighted by Gasteiger charge is -2.33. The van der Waals surface area contributed by atoms with Crippen LogP contribution in [0, 0.1) is 0 Å². The van der Waals surface area contributed by atoms with Crippen LogP contribution in [0.15, 0.2) is 34.2 Å². The molecule has 13 nitrogen and oxygen atoms in total. The number of piperazine rings is 1. The quantitative estimate of drug-likeness (QED) is 0.278. The zero-order valence-electron chi connectivity index (χ0n) is 22.2. The Kier molecular flexibility index (Phi) is 7.98. The molecule has 0 unspecified atom stereocenters. The maximum absolute atomic E-state index is 13.6. The van der Waals surface area contributed by atoms with Gasteiger partial charge in [-0.3, -0.25) is 4.57 Å². The lowest BCUT2D eigenvalue weighted by molar-refractivity contribution is 0.171. The third kappa shape index (κ3) is 5.16. The maximum Gasteiger partial charge on any atom is 0.336 e. The topological polar surface area (TPSA) is 151 Å². The molecule has 0 atom stereocenters. The Morgan fingerprint density at radius 3 is 2.59 bits per heavy atom. The summed E-state index contributed by atoms with van der Waals surface area (Å²) >= 11 is 0. The van der Waals surface area contributed by atoms with Gasteiger partial charge < -0.3 is 19.7 Å². The number of aliphatic hydroxyl groups is 1. The summed E-state index contributed by atoms with van der Waals surface area (Å²) < 4.78 is 37.7. The molecular weight excluding hydrogens is 524 g/mol. The van der Waals surface area contributed by atoms with E-state index in [1.165, 1.54) is 15.0 Å². The summed E-state index contributed by atoms with van der Waals surface area (Å²) in [4.78, 5) is 23.4. The van der Waals surface area contributed by atoms with Crippen LogP contribution in [0.1, 0.15) is 33.1 Å². The molecule has 0 bridgehead atoms. The van der Waals surface area contributed by atoms with E-state index in [1.54, 1.807) is 22.8 Å². The first-order valence-corrected chi connectivity index (χ1v) is 14.8. The van der Waals surface area contributed by atoms with Crippen LogP contribution in [-0.2, 0) is 16.6 Å². The normalized spacial score (nSPS) is 15.5.